The van der Waals surface area contributed by atoms with Crippen LogP contribution in [0.4, 0.5) is 16.4 Å². The van der Waals surface area contributed by atoms with Gasteiger partial charge in [-0.2, -0.15) is 19.9 Å². The number of amides is 4. The normalized spacial score (nSPS) is 29.8. The average Bonchev–Trinajstić information content (AvgIpc) is 4.07. The lowest BCUT2D eigenvalue weighted by Crippen LogP contribution is -2.44. The highest BCUT2D eigenvalue weighted by molar-refractivity contribution is 6.29. The predicted molar refractivity (Wildman–Crippen MR) is 203 cm³/mol. The summed E-state index contributed by atoms with van der Waals surface area (Å²) in [6, 6.07) is -3.58. The molecule has 0 aromatic carbocycles. The molecule has 2 saturated heterocycles. The molecule has 4 amide bonds. The first-order valence-electron chi connectivity index (χ1n) is 18.7. The number of imidazole rings is 2. The Kier molecular flexibility index (Phi) is 11.1. The summed E-state index contributed by atoms with van der Waals surface area (Å²) in [6.07, 6.45) is -0.706. The zero-order chi connectivity index (χ0) is 41.0. The Balaban J connectivity index is 0.896. The van der Waals surface area contributed by atoms with Gasteiger partial charge < -0.3 is 70.8 Å². The first-order chi connectivity index (χ1) is 27.8. The van der Waals surface area contributed by atoms with E-state index in [1.54, 1.807) is 18.9 Å². The molecule has 0 radical (unpaired) electrons. The van der Waals surface area contributed by atoms with E-state index >= 15 is 0 Å². The van der Waals surface area contributed by atoms with Crippen LogP contribution in [0.25, 0.3) is 22.3 Å². The van der Waals surface area contributed by atoms with E-state index in [-0.39, 0.29) is 41.5 Å². The van der Waals surface area contributed by atoms with Gasteiger partial charge in [0.15, 0.2) is 34.0 Å². The minimum atomic E-state index is -1.29. The number of nitrogens with zero attached hydrogens (tertiary/aromatic N) is 10. The van der Waals surface area contributed by atoms with Crippen molar-refractivity contribution in [1.29, 1.82) is 0 Å². The molecule has 23 nitrogen and oxygen atoms in total. The Morgan fingerprint density at radius 1 is 0.655 bits per heavy atom. The van der Waals surface area contributed by atoms with Crippen molar-refractivity contribution in [3.05, 3.63) is 23.2 Å². The van der Waals surface area contributed by atoms with Crippen molar-refractivity contribution in [2.45, 2.75) is 86.4 Å². The van der Waals surface area contributed by atoms with Crippen LogP contribution in [-0.4, -0.2) is 185 Å². The summed E-state index contributed by atoms with van der Waals surface area (Å²) < 4.78 is 3.15. The van der Waals surface area contributed by atoms with Crippen LogP contribution in [0.15, 0.2) is 12.7 Å². The second kappa shape index (κ2) is 16.1. The minimum Gasteiger partial charge on any atom is -0.388 e. The maximum atomic E-state index is 13.7. The number of aliphatic hydroxyl groups is 6. The van der Waals surface area contributed by atoms with Crippen LogP contribution >= 0.6 is 23.2 Å². The smallest absolute Gasteiger partial charge is 0.320 e. The van der Waals surface area contributed by atoms with Gasteiger partial charge in [-0.15, -0.1) is 0 Å². The van der Waals surface area contributed by atoms with Crippen molar-refractivity contribution in [2.75, 3.05) is 50.0 Å². The second-order valence-electron chi connectivity index (χ2n) is 15.0. The molecule has 4 aliphatic rings. The van der Waals surface area contributed by atoms with Crippen LogP contribution in [0, 0.1) is 0 Å². The number of carbonyl (C=O) groups excluding carboxylic acids is 3. The van der Waals surface area contributed by atoms with E-state index in [2.05, 4.69) is 51.2 Å². The average molecular weight is 850 g/mol. The van der Waals surface area contributed by atoms with Crippen LogP contribution in [0.1, 0.15) is 37.8 Å². The minimum absolute atomic E-state index is 0.0849. The van der Waals surface area contributed by atoms with Gasteiger partial charge in [0.05, 0.1) is 36.8 Å². The summed E-state index contributed by atoms with van der Waals surface area (Å²) in [6.45, 7) is 0.163. The van der Waals surface area contributed by atoms with Crippen LogP contribution in [0.3, 0.4) is 0 Å². The number of hydrogen-bond acceptors (Lipinski definition) is 17. The molecule has 2 saturated carbocycles. The highest BCUT2D eigenvalue weighted by Crippen LogP contribution is 2.36. The van der Waals surface area contributed by atoms with Crippen LogP contribution < -0.4 is 21.3 Å². The number of hydrogen-bond donors (Lipinski definition) is 10. The molecule has 0 bridgehead atoms. The lowest BCUT2D eigenvalue weighted by atomic mass is 10.2. The summed E-state index contributed by atoms with van der Waals surface area (Å²) >= 11 is 12.7. The molecule has 25 heteroatoms. The molecule has 58 heavy (non-hydrogen) atoms. The molecule has 4 fully saturated rings. The van der Waals surface area contributed by atoms with E-state index in [0.717, 1.165) is 0 Å². The maximum Gasteiger partial charge on any atom is 0.320 e. The standard InChI is InChI=1S/C33H42Cl2N14O9/c34-31-42-27(21-29(44-31)48(11-36-21)17-5-15(23(54)25(17)56)40-19(52)9-50)38-13-1-3-46(7-13)33(58)47-4-2-14(8-47)39-28-22-30(45-32(35)43-28)49(12-37-22)18-6-16(24(55)26(18)57)41-20(53)10-51/h11-18,23-26,50-51,54-57H,1-10H2,(H,40,52)(H,41,53)(H,38,42,44)(H,39,43,45)/t13-,14-,15+,16+,17-,18-,23-,24-,25+,26+/m1/s1. The van der Waals surface area contributed by atoms with Gasteiger partial charge >= 0.3 is 6.03 Å². The number of likely N-dealkylation sites (tertiary alicyclic amines) is 2. The molecule has 6 heterocycles. The van der Waals surface area contributed by atoms with Gasteiger partial charge in [-0.25, -0.2) is 14.8 Å². The molecule has 2 aliphatic heterocycles. The summed E-state index contributed by atoms with van der Waals surface area (Å²) in [5.74, 6) is -0.686. The predicted octanol–water partition coefficient (Wildman–Crippen LogP) is -2.65. The molecule has 4 aromatic heterocycles. The van der Waals surface area contributed by atoms with Gasteiger partial charge in [0, 0.05) is 38.3 Å². The van der Waals surface area contributed by atoms with Crippen LogP contribution in [0.2, 0.25) is 10.6 Å². The molecule has 8 rings (SSSR count). The summed E-state index contributed by atoms with van der Waals surface area (Å²) in [7, 11) is 0. The zero-order valence-corrected chi connectivity index (χ0v) is 32.1. The van der Waals surface area contributed by atoms with E-state index in [1.165, 1.54) is 12.7 Å². The van der Waals surface area contributed by atoms with Crippen LogP contribution in [-0.2, 0) is 9.59 Å². The molecule has 0 unspecified atom stereocenters. The number of anilines is 2. The number of aromatic nitrogens is 8. The van der Waals surface area contributed by atoms with E-state index in [9.17, 15) is 34.8 Å². The van der Waals surface area contributed by atoms with Gasteiger partial charge in [0.25, 0.3) is 0 Å². The van der Waals surface area contributed by atoms with Gasteiger partial charge in [-0.05, 0) is 48.9 Å². The van der Waals surface area contributed by atoms with Gasteiger partial charge in [-0.1, -0.05) is 0 Å². The number of nitrogens with one attached hydrogen (secondary N) is 4. The Labute approximate surface area is 338 Å². The third-order valence-corrected chi connectivity index (χ3v) is 11.7. The molecular formula is C33H42Cl2N14O9. The molecule has 4 aromatic rings. The van der Waals surface area contributed by atoms with Crippen molar-refractivity contribution >= 4 is 75.0 Å². The molecule has 2 aliphatic carbocycles. The van der Waals surface area contributed by atoms with Crippen molar-refractivity contribution < 1.29 is 45.0 Å². The molecule has 10 N–H and O–H groups in total. The van der Waals surface area contributed by atoms with Gasteiger partial charge in [0.1, 0.15) is 37.6 Å². The fourth-order valence-electron chi connectivity index (χ4n) is 8.52. The van der Waals surface area contributed by atoms with Crippen molar-refractivity contribution in [3.63, 3.8) is 0 Å². The number of halogens is 2. The highest BCUT2D eigenvalue weighted by Gasteiger charge is 2.45. The van der Waals surface area contributed by atoms with Crippen molar-refractivity contribution in [3.8, 4) is 0 Å². The van der Waals surface area contributed by atoms with Crippen molar-refractivity contribution in [1.82, 2.24) is 59.5 Å². The summed E-state index contributed by atoms with van der Waals surface area (Å²) in [4.78, 5) is 67.0. The number of urea groups is 1. The number of aliphatic hydroxyl groups excluding tert-OH is 6. The largest absolute Gasteiger partial charge is 0.388 e. The maximum absolute atomic E-state index is 13.7. The molecule has 0 spiro atoms. The Morgan fingerprint density at radius 2 is 1.07 bits per heavy atom. The monoisotopic (exact) mass is 848 g/mol. The quantitative estimate of drug-likeness (QED) is 0.0729. The van der Waals surface area contributed by atoms with Crippen molar-refractivity contribution in [2.24, 2.45) is 0 Å². The third-order valence-electron chi connectivity index (χ3n) is 11.4. The lowest BCUT2D eigenvalue weighted by Gasteiger charge is -2.25. The van der Waals surface area contributed by atoms with E-state index < -0.39 is 73.6 Å². The number of rotatable bonds is 10. The van der Waals surface area contributed by atoms with Gasteiger partial charge in [0.2, 0.25) is 22.4 Å². The van der Waals surface area contributed by atoms with E-state index in [4.69, 9.17) is 33.4 Å². The fourth-order valence-corrected chi connectivity index (χ4v) is 8.85. The van der Waals surface area contributed by atoms with E-state index in [0.29, 0.717) is 73.0 Å². The molecule has 10 atom stereocenters. The first-order valence-corrected chi connectivity index (χ1v) is 19.5. The van der Waals surface area contributed by atoms with E-state index in [1.807, 2.05) is 0 Å². The zero-order valence-electron chi connectivity index (χ0n) is 30.6. The first kappa shape index (κ1) is 40.0. The Bertz CT molecular complexity index is 2060. The fraction of sp³-hybridized carbons (Fsp3) is 0.606. The summed E-state index contributed by atoms with van der Waals surface area (Å²) in [5.41, 5.74) is 1.33. The summed E-state index contributed by atoms with van der Waals surface area (Å²) in [5, 5.41) is 72.5. The Morgan fingerprint density at radius 3 is 1.47 bits per heavy atom. The van der Waals surface area contributed by atoms with Crippen LogP contribution in [0.5, 0.6) is 0 Å². The lowest BCUT2D eigenvalue weighted by molar-refractivity contribution is -0.126. The molecule has 312 valence electrons. The topological polar surface area (TPSA) is 314 Å². The molecular weight excluding hydrogens is 807 g/mol. The third kappa shape index (κ3) is 7.51. The SMILES string of the molecule is O=C(CO)N[C@H]1C[C@@H](n2cnc3c(N[C@@H]4CCN(C(=O)N5CC[C@@H](Nc6nc(Cl)nc7c6ncn7[C@@H]6C[C@H](NC(=O)CO)[C@@H](O)[C@H]6O)C5)C4)nc(Cl)nc32)[C@H](O)[C@@H]1O. The van der Waals surface area contributed by atoms with Gasteiger partial charge in [-0.3, -0.25) is 9.59 Å². The number of fused-ring (bicyclic) bond motifs is 2. The number of carbonyl (C=O) groups is 3. The second-order valence-corrected chi connectivity index (χ2v) is 15.7. The highest BCUT2D eigenvalue weighted by atomic mass is 35.5. The Hall–Kier alpha value is -4.75.